The first kappa shape index (κ1) is 17.3. The minimum atomic E-state index is -3.61. The average Bonchev–Trinajstić information content (AvgIpc) is 2.50. The fraction of sp³-hybridized carbons (Fsp3) is 0.0714. The fourth-order valence-electron chi connectivity index (χ4n) is 1.75. The van der Waals surface area contributed by atoms with E-state index in [2.05, 4.69) is 8.22 Å². The molecule has 0 saturated heterocycles. The summed E-state index contributed by atoms with van der Waals surface area (Å²) in [5, 5.41) is 9.24. The van der Waals surface area contributed by atoms with Crippen molar-refractivity contribution >= 4 is 21.4 Å². The number of ether oxygens (including phenoxy) is 1. The van der Waals surface area contributed by atoms with Gasteiger partial charge in [-0.1, -0.05) is 0 Å². The maximum absolute atomic E-state index is 14.0. The van der Waals surface area contributed by atoms with Crippen LogP contribution >= 0.6 is 0 Å². The van der Waals surface area contributed by atoms with Crippen molar-refractivity contribution in [3.05, 3.63) is 47.8 Å². The molecular weight excluding hydrogens is 493 g/mol. The molecule has 0 atom stereocenters. The Bertz CT molecular complexity index is 893. The van der Waals surface area contributed by atoms with Gasteiger partial charge < -0.3 is 0 Å². The molecule has 2 aromatic rings. The number of nitrogens with zero attached hydrogens (tertiary/aromatic N) is 2. The van der Waals surface area contributed by atoms with Gasteiger partial charge >= 0.3 is 144 Å². The van der Waals surface area contributed by atoms with Gasteiger partial charge in [0.1, 0.15) is 0 Å². The molecule has 2 rings (SSSR count). The molecule has 1 N–H and O–H groups in total. The number of halogens is 1. The summed E-state index contributed by atoms with van der Waals surface area (Å²) in [6.07, 6.45) is 0.938. The van der Waals surface area contributed by atoms with Crippen molar-refractivity contribution in [2.24, 2.45) is 3.50 Å². The first-order chi connectivity index (χ1) is 10.8. The third-order valence-electron chi connectivity index (χ3n) is 2.68. The summed E-state index contributed by atoms with van der Waals surface area (Å²) < 4.78 is 48.3. The van der Waals surface area contributed by atoms with Crippen molar-refractivity contribution in [3.8, 4) is 17.6 Å². The number of benzene rings is 2. The van der Waals surface area contributed by atoms with Crippen molar-refractivity contribution in [2.75, 3.05) is 11.0 Å². The van der Waals surface area contributed by atoms with E-state index in [1.54, 1.807) is 30.3 Å². The van der Waals surface area contributed by atoms with E-state index in [0.717, 1.165) is 37.6 Å². The average molecular weight is 503 g/mol. The zero-order valence-electron chi connectivity index (χ0n) is 11.8. The molecule has 0 unspecified atom stereocenters. The van der Waals surface area contributed by atoms with Crippen LogP contribution in [0.3, 0.4) is 0 Å². The summed E-state index contributed by atoms with van der Waals surface area (Å²) in [7, 11) is -3.61. The molecule has 0 heterocycles. The van der Waals surface area contributed by atoms with Crippen LogP contribution in [0.15, 0.2) is 39.9 Å². The summed E-state index contributed by atoms with van der Waals surface area (Å²) in [5.41, 5.74) is 0.472. The van der Waals surface area contributed by atoms with E-state index in [0.29, 0.717) is 5.75 Å². The van der Waals surface area contributed by atoms with E-state index < -0.39 is 15.8 Å². The number of hydrogen-bond donors (Lipinski definition) is 1. The number of hydrogen-bond acceptors (Lipinski definition) is 5. The Balaban J connectivity index is 2.46. The topological polar surface area (TPSA) is 91.6 Å². The van der Waals surface area contributed by atoms with E-state index in [-0.39, 0.29) is 17.0 Å². The van der Waals surface area contributed by atoms with Crippen molar-refractivity contribution in [3.63, 3.8) is 0 Å². The number of sulfonamides is 1. The van der Waals surface area contributed by atoms with Crippen LogP contribution < -0.4 is 9.46 Å². The Hall–Kier alpha value is -2.10. The number of anilines is 1. The van der Waals surface area contributed by atoms with Gasteiger partial charge in [0.15, 0.2) is 0 Å². The molecule has 0 aliphatic heterocycles. The second kappa shape index (κ2) is 6.98. The van der Waals surface area contributed by atoms with Crippen LogP contribution in [0.5, 0.6) is 11.5 Å². The standard InChI is InChI=1S/C14H10FN3O3S.W/c1-22(19,20)18-13-7-6-12(15)14(11(13)8-16)21-10-4-2-9(17)3-5-10;/h2-7,18H,1H3;. The molecule has 0 aliphatic carbocycles. The van der Waals surface area contributed by atoms with Crippen molar-refractivity contribution < 1.29 is 37.2 Å². The molecule has 0 bridgehead atoms. The van der Waals surface area contributed by atoms with E-state index in [4.69, 9.17) is 4.74 Å². The van der Waals surface area contributed by atoms with Crippen LogP contribution in [0.1, 0.15) is 5.56 Å². The Kier molecular flexibility index (Phi) is 5.24. The normalized spacial score (nSPS) is 10.7. The van der Waals surface area contributed by atoms with Crippen molar-refractivity contribution in [1.29, 1.82) is 5.26 Å². The van der Waals surface area contributed by atoms with Crippen molar-refractivity contribution in [1.82, 2.24) is 0 Å². The molecule has 0 saturated carbocycles. The van der Waals surface area contributed by atoms with Gasteiger partial charge in [0.05, 0.1) is 0 Å². The summed E-state index contributed by atoms with van der Waals surface area (Å²) in [6, 6.07) is 10.5. The van der Waals surface area contributed by atoms with Crippen LogP contribution in [-0.4, -0.2) is 14.7 Å². The molecule has 0 fully saturated rings. The van der Waals surface area contributed by atoms with E-state index in [9.17, 15) is 18.1 Å². The van der Waals surface area contributed by atoms with Gasteiger partial charge in [0.25, 0.3) is 0 Å². The SMILES string of the molecule is CS(=O)(=O)Nc1ccc(F)c(Oc2ccc([N]=[W])cc2)c1C#N. The Morgan fingerprint density at radius 2 is 1.91 bits per heavy atom. The minimum absolute atomic E-state index is 0.0461. The first-order valence-corrected chi connectivity index (χ1v) is 9.36. The van der Waals surface area contributed by atoms with Crippen LogP contribution in [-0.2, 0) is 29.7 Å². The van der Waals surface area contributed by atoms with E-state index >= 15 is 0 Å². The summed E-state index contributed by atoms with van der Waals surface area (Å²) in [5.74, 6) is -0.804. The van der Waals surface area contributed by atoms with Gasteiger partial charge in [-0.15, -0.1) is 0 Å². The molecule has 6 nitrogen and oxygen atoms in total. The Morgan fingerprint density at radius 3 is 2.43 bits per heavy atom. The summed E-state index contributed by atoms with van der Waals surface area (Å²) in [4.78, 5) is 0. The second-order valence-electron chi connectivity index (χ2n) is 4.47. The molecule has 2 aromatic carbocycles. The molecule has 9 heteroatoms. The second-order valence-corrected chi connectivity index (χ2v) is 6.88. The zero-order valence-corrected chi connectivity index (χ0v) is 15.5. The molecular formula is C14H10FN3O3SW. The van der Waals surface area contributed by atoms with Crippen LogP contribution in [0.4, 0.5) is 15.8 Å². The number of nitriles is 1. The molecule has 0 spiro atoms. The van der Waals surface area contributed by atoms with Crippen molar-refractivity contribution in [2.45, 2.75) is 0 Å². The predicted octanol–water partition coefficient (Wildman–Crippen LogP) is 3.22. The van der Waals surface area contributed by atoms with Gasteiger partial charge in [0.2, 0.25) is 0 Å². The molecule has 23 heavy (non-hydrogen) atoms. The Morgan fingerprint density at radius 1 is 1.26 bits per heavy atom. The molecule has 118 valence electrons. The maximum atomic E-state index is 14.0. The predicted molar refractivity (Wildman–Crippen MR) is 78.2 cm³/mol. The van der Waals surface area contributed by atoms with Gasteiger partial charge in [-0.2, -0.15) is 0 Å². The first-order valence-electron chi connectivity index (χ1n) is 6.15. The third kappa shape index (κ3) is 4.44. The Labute approximate surface area is 143 Å². The molecule has 0 amide bonds. The molecule has 0 radical (unpaired) electrons. The van der Waals surface area contributed by atoms with Crippen LogP contribution in [0, 0.1) is 17.1 Å². The van der Waals surface area contributed by atoms with Crippen LogP contribution in [0.25, 0.3) is 0 Å². The fourth-order valence-corrected chi connectivity index (χ4v) is 2.75. The van der Waals surface area contributed by atoms with E-state index in [1.165, 1.54) is 6.07 Å². The summed E-state index contributed by atoms with van der Waals surface area (Å²) in [6.45, 7) is 0. The summed E-state index contributed by atoms with van der Waals surface area (Å²) >= 11 is 1.05. The van der Waals surface area contributed by atoms with Gasteiger partial charge in [0, 0.05) is 0 Å². The van der Waals surface area contributed by atoms with Crippen LogP contribution in [0.2, 0.25) is 0 Å². The van der Waals surface area contributed by atoms with Gasteiger partial charge in [-0.05, 0) is 0 Å². The molecule has 0 aromatic heterocycles. The number of nitrogens with one attached hydrogen (secondary N) is 1. The van der Waals surface area contributed by atoms with Gasteiger partial charge in [-0.3, -0.25) is 0 Å². The monoisotopic (exact) mass is 503 g/mol. The quantitative estimate of drug-likeness (QED) is 0.679. The zero-order chi connectivity index (χ0) is 17.0. The number of rotatable bonds is 5. The molecule has 0 aliphatic rings. The van der Waals surface area contributed by atoms with E-state index in [1.807, 2.05) is 0 Å². The van der Waals surface area contributed by atoms with Gasteiger partial charge in [-0.25, -0.2) is 0 Å². The third-order valence-corrected chi connectivity index (χ3v) is 4.03.